The van der Waals surface area contributed by atoms with Gasteiger partial charge in [0.05, 0.1) is 0 Å². The van der Waals surface area contributed by atoms with E-state index in [2.05, 4.69) is 45.0 Å². The summed E-state index contributed by atoms with van der Waals surface area (Å²) in [5.41, 5.74) is 3.64. The van der Waals surface area contributed by atoms with Crippen LogP contribution in [0.5, 0.6) is 5.75 Å². The fourth-order valence-corrected chi connectivity index (χ4v) is 2.42. The minimum Gasteiger partial charge on any atom is -0.463 e. The van der Waals surface area contributed by atoms with Crippen LogP contribution in [-0.4, -0.2) is 25.1 Å². The minimum absolute atomic E-state index is 0.0859. The molecule has 118 valence electrons. The second kappa shape index (κ2) is 6.95. The highest BCUT2D eigenvalue weighted by Crippen LogP contribution is 2.32. The summed E-state index contributed by atoms with van der Waals surface area (Å²) in [5.74, 6) is 0.632. The Labute approximate surface area is 132 Å². The quantitative estimate of drug-likeness (QED) is 0.827. The summed E-state index contributed by atoms with van der Waals surface area (Å²) in [6.07, 6.45) is -0.944. The average molecular weight is 300 g/mol. The molecule has 0 aromatic heterocycles. The summed E-state index contributed by atoms with van der Waals surface area (Å²) in [7, 11) is 1.53. The minimum atomic E-state index is -0.944. The van der Waals surface area contributed by atoms with Crippen LogP contribution in [0, 0.1) is 6.92 Å². The molecule has 3 nitrogen and oxygen atoms in total. The van der Waals surface area contributed by atoms with Gasteiger partial charge in [-0.25, -0.2) is 0 Å². The van der Waals surface area contributed by atoms with E-state index in [1.165, 1.54) is 23.8 Å². The molecule has 0 aliphatic heterocycles. The molecule has 0 bridgehead atoms. The van der Waals surface area contributed by atoms with Crippen molar-refractivity contribution in [1.82, 2.24) is 0 Å². The molecule has 0 fully saturated rings. The zero-order chi connectivity index (χ0) is 16.2. The summed E-state index contributed by atoms with van der Waals surface area (Å²) < 4.78 is 10.2. The van der Waals surface area contributed by atoms with Crippen LogP contribution in [0.2, 0.25) is 0 Å². The van der Waals surface area contributed by atoms with Gasteiger partial charge in [0, 0.05) is 12.5 Å². The van der Waals surface area contributed by atoms with Crippen LogP contribution in [0.3, 0.4) is 0 Å². The van der Waals surface area contributed by atoms with E-state index in [0.717, 1.165) is 0 Å². The lowest BCUT2D eigenvalue weighted by atomic mass is 9.78. The number of hydrogen-bond acceptors (Lipinski definition) is 3. The standard InChI is InChI=1S/C19H24O3/c1-14-5-7-15(8-6-14)19(2,3)16-9-11-17(12-10-16)22-18(20)13-21-4/h5-12,18,20H,13H2,1-4H3. The molecular formula is C19H24O3. The number of aryl methyl sites for hydroxylation is 1. The molecule has 0 amide bonds. The van der Waals surface area contributed by atoms with Gasteiger partial charge in [-0.3, -0.25) is 0 Å². The van der Waals surface area contributed by atoms with E-state index in [9.17, 15) is 5.11 Å². The van der Waals surface area contributed by atoms with Crippen molar-refractivity contribution in [3.8, 4) is 5.75 Å². The monoisotopic (exact) mass is 300 g/mol. The molecule has 0 saturated carbocycles. The molecule has 22 heavy (non-hydrogen) atoms. The molecule has 0 aliphatic rings. The Balaban J connectivity index is 2.16. The van der Waals surface area contributed by atoms with Crippen molar-refractivity contribution >= 4 is 0 Å². The first-order valence-electron chi connectivity index (χ1n) is 7.45. The smallest absolute Gasteiger partial charge is 0.221 e. The van der Waals surface area contributed by atoms with Crippen LogP contribution >= 0.6 is 0 Å². The summed E-state index contributed by atoms with van der Waals surface area (Å²) in [6.45, 7) is 6.64. The van der Waals surface area contributed by atoms with Crippen molar-refractivity contribution in [2.75, 3.05) is 13.7 Å². The number of methoxy groups -OCH3 is 1. The Hall–Kier alpha value is -1.84. The van der Waals surface area contributed by atoms with Crippen LogP contribution in [-0.2, 0) is 10.2 Å². The average Bonchev–Trinajstić information content (AvgIpc) is 2.48. The first-order valence-corrected chi connectivity index (χ1v) is 7.45. The van der Waals surface area contributed by atoms with Gasteiger partial charge in [-0.1, -0.05) is 55.8 Å². The van der Waals surface area contributed by atoms with Gasteiger partial charge in [0.1, 0.15) is 12.4 Å². The SMILES string of the molecule is COCC(O)Oc1ccc(C(C)(C)c2ccc(C)cc2)cc1. The van der Waals surface area contributed by atoms with E-state index in [0.29, 0.717) is 5.75 Å². The van der Waals surface area contributed by atoms with Crippen molar-refractivity contribution in [3.05, 3.63) is 65.2 Å². The highest BCUT2D eigenvalue weighted by molar-refractivity contribution is 5.40. The lowest BCUT2D eigenvalue weighted by molar-refractivity contribution is -0.0663. The van der Waals surface area contributed by atoms with E-state index >= 15 is 0 Å². The van der Waals surface area contributed by atoms with Crippen LogP contribution in [0.1, 0.15) is 30.5 Å². The lowest BCUT2D eigenvalue weighted by Gasteiger charge is -2.26. The van der Waals surface area contributed by atoms with Crippen molar-refractivity contribution in [3.63, 3.8) is 0 Å². The molecule has 2 rings (SSSR count). The largest absolute Gasteiger partial charge is 0.463 e. The van der Waals surface area contributed by atoms with Crippen molar-refractivity contribution in [2.45, 2.75) is 32.5 Å². The molecule has 0 heterocycles. The molecule has 3 heteroatoms. The number of ether oxygens (including phenoxy) is 2. The first-order chi connectivity index (χ1) is 10.4. The van der Waals surface area contributed by atoms with Gasteiger partial charge < -0.3 is 14.6 Å². The van der Waals surface area contributed by atoms with E-state index in [1.54, 1.807) is 0 Å². The summed E-state index contributed by atoms with van der Waals surface area (Å²) in [5, 5.41) is 9.59. The number of benzene rings is 2. The second-order valence-electron chi connectivity index (χ2n) is 6.04. The van der Waals surface area contributed by atoms with Crippen molar-refractivity contribution in [2.24, 2.45) is 0 Å². The molecule has 2 aromatic carbocycles. The molecule has 0 spiro atoms. The highest BCUT2D eigenvalue weighted by atomic mass is 16.6. The summed E-state index contributed by atoms with van der Waals surface area (Å²) in [4.78, 5) is 0. The fraction of sp³-hybridized carbons (Fsp3) is 0.368. The number of aliphatic hydroxyl groups excluding tert-OH is 1. The van der Waals surface area contributed by atoms with Gasteiger partial charge >= 0.3 is 0 Å². The number of hydrogen-bond donors (Lipinski definition) is 1. The third kappa shape index (κ3) is 3.87. The van der Waals surface area contributed by atoms with Crippen LogP contribution in [0.4, 0.5) is 0 Å². The summed E-state index contributed by atoms with van der Waals surface area (Å²) in [6, 6.07) is 16.4. The van der Waals surface area contributed by atoms with Gasteiger partial charge in [-0.2, -0.15) is 0 Å². The molecule has 1 N–H and O–H groups in total. The lowest BCUT2D eigenvalue weighted by Crippen LogP contribution is -2.22. The Morgan fingerprint density at radius 2 is 1.45 bits per heavy atom. The highest BCUT2D eigenvalue weighted by Gasteiger charge is 2.23. The summed E-state index contributed by atoms with van der Waals surface area (Å²) >= 11 is 0. The molecule has 1 unspecified atom stereocenters. The van der Waals surface area contributed by atoms with Gasteiger partial charge in [0.15, 0.2) is 0 Å². The third-order valence-electron chi connectivity index (χ3n) is 3.93. The van der Waals surface area contributed by atoms with E-state index < -0.39 is 6.29 Å². The Morgan fingerprint density at radius 3 is 1.95 bits per heavy atom. The van der Waals surface area contributed by atoms with Crippen LogP contribution in [0.25, 0.3) is 0 Å². The van der Waals surface area contributed by atoms with Crippen LogP contribution < -0.4 is 4.74 Å². The van der Waals surface area contributed by atoms with Gasteiger partial charge in [-0.15, -0.1) is 0 Å². The van der Waals surface area contributed by atoms with E-state index in [1.807, 2.05) is 24.3 Å². The Morgan fingerprint density at radius 1 is 0.955 bits per heavy atom. The molecule has 0 saturated heterocycles. The maximum absolute atomic E-state index is 9.59. The molecule has 2 aromatic rings. The van der Waals surface area contributed by atoms with Crippen LogP contribution in [0.15, 0.2) is 48.5 Å². The molecule has 0 aliphatic carbocycles. The van der Waals surface area contributed by atoms with Crippen molar-refractivity contribution < 1.29 is 14.6 Å². The van der Waals surface area contributed by atoms with Gasteiger partial charge in [-0.05, 0) is 30.2 Å². The van der Waals surface area contributed by atoms with Gasteiger partial charge in [0.2, 0.25) is 6.29 Å². The fourth-order valence-electron chi connectivity index (χ4n) is 2.42. The molecule has 0 radical (unpaired) electrons. The predicted molar refractivity (Wildman–Crippen MR) is 88.3 cm³/mol. The zero-order valence-electron chi connectivity index (χ0n) is 13.7. The second-order valence-corrected chi connectivity index (χ2v) is 6.04. The zero-order valence-corrected chi connectivity index (χ0v) is 13.7. The van der Waals surface area contributed by atoms with E-state index in [-0.39, 0.29) is 12.0 Å². The predicted octanol–water partition coefficient (Wildman–Crippen LogP) is 3.66. The molecular weight excluding hydrogens is 276 g/mol. The number of aliphatic hydroxyl groups is 1. The van der Waals surface area contributed by atoms with E-state index in [4.69, 9.17) is 9.47 Å². The maximum atomic E-state index is 9.59. The molecule has 1 atom stereocenters. The Bertz CT molecular complexity index is 585. The maximum Gasteiger partial charge on any atom is 0.221 e. The normalized spacial score (nSPS) is 13.0. The van der Waals surface area contributed by atoms with Gasteiger partial charge in [0.25, 0.3) is 0 Å². The number of rotatable bonds is 6. The third-order valence-corrected chi connectivity index (χ3v) is 3.93. The Kier molecular flexibility index (Phi) is 5.22. The first kappa shape index (κ1) is 16.5. The topological polar surface area (TPSA) is 38.7 Å². The van der Waals surface area contributed by atoms with Crippen molar-refractivity contribution in [1.29, 1.82) is 0 Å².